The number of hydrogen-bond acceptors (Lipinski definition) is 3. The Morgan fingerprint density at radius 2 is 2.24 bits per heavy atom. The summed E-state index contributed by atoms with van der Waals surface area (Å²) >= 11 is 6.04. The van der Waals surface area contributed by atoms with E-state index in [2.05, 4.69) is 17.3 Å². The van der Waals surface area contributed by atoms with Gasteiger partial charge in [0.05, 0.1) is 5.02 Å². The highest BCUT2D eigenvalue weighted by Crippen LogP contribution is 2.28. The topological polar surface area (TPSA) is 50.9 Å². The first-order valence-corrected chi connectivity index (χ1v) is 5.79. The second-order valence-corrected chi connectivity index (χ2v) is 4.22. The number of benzene rings is 1. The Kier molecular flexibility index (Phi) is 3.45. The average Bonchev–Trinajstić information content (AvgIpc) is 2.34. The van der Waals surface area contributed by atoms with Gasteiger partial charge in [-0.2, -0.15) is 0 Å². The SMILES string of the molecule is CCCc1cc2c(Cl)ccc(F)c2nc1NN. The van der Waals surface area contributed by atoms with Gasteiger partial charge in [0, 0.05) is 5.39 Å². The zero-order valence-corrected chi connectivity index (χ0v) is 10.2. The summed E-state index contributed by atoms with van der Waals surface area (Å²) in [6, 6.07) is 4.68. The van der Waals surface area contributed by atoms with E-state index in [1.165, 1.54) is 12.1 Å². The van der Waals surface area contributed by atoms with Crippen LogP contribution in [0.25, 0.3) is 10.9 Å². The van der Waals surface area contributed by atoms with E-state index >= 15 is 0 Å². The van der Waals surface area contributed by atoms with Gasteiger partial charge in [-0.25, -0.2) is 15.2 Å². The third-order valence-electron chi connectivity index (χ3n) is 2.62. The molecule has 5 heteroatoms. The first-order valence-electron chi connectivity index (χ1n) is 5.41. The summed E-state index contributed by atoms with van der Waals surface area (Å²) < 4.78 is 13.6. The molecule has 0 amide bonds. The highest BCUT2D eigenvalue weighted by Gasteiger charge is 2.11. The molecule has 1 heterocycles. The largest absolute Gasteiger partial charge is 0.308 e. The van der Waals surface area contributed by atoms with Crippen LogP contribution < -0.4 is 11.3 Å². The molecule has 0 fully saturated rings. The number of nitrogen functional groups attached to an aromatic ring is 1. The number of fused-ring (bicyclic) bond motifs is 1. The van der Waals surface area contributed by atoms with Crippen molar-refractivity contribution in [2.75, 3.05) is 5.43 Å². The number of pyridine rings is 1. The Hall–Kier alpha value is -1.39. The number of nitrogens with one attached hydrogen (secondary N) is 1. The molecule has 0 saturated carbocycles. The number of hydrazine groups is 1. The smallest absolute Gasteiger partial charge is 0.149 e. The molecule has 2 rings (SSSR count). The predicted molar refractivity (Wildman–Crippen MR) is 68.5 cm³/mol. The van der Waals surface area contributed by atoms with Crippen LogP contribution in [0.4, 0.5) is 10.2 Å². The van der Waals surface area contributed by atoms with Crippen molar-refractivity contribution in [2.45, 2.75) is 19.8 Å². The Morgan fingerprint density at radius 1 is 1.47 bits per heavy atom. The summed E-state index contributed by atoms with van der Waals surface area (Å²) in [5.74, 6) is 5.49. The van der Waals surface area contributed by atoms with Gasteiger partial charge in [-0.1, -0.05) is 24.9 Å². The van der Waals surface area contributed by atoms with Crippen LogP contribution in [0.5, 0.6) is 0 Å². The van der Waals surface area contributed by atoms with Gasteiger partial charge < -0.3 is 5.43 Å². The molecule has 90 valence electrons. The molecule has 17 heavy (non-hydrogen) atoms. The number of aromatic nitrogens is 1. The number of anilines is 1. The molecule has 0 aliphatic carbocycles. The number of hydrogen-bond donors (Lipinski definition) is 2. The zero-order valence-electron chi connectivity index (χ0n) is 9.43. The van der Waals surface area contributed by atoms with Crippen LogP contribution >= 0.6 is 11.6 Å². The number of halogens is 2. The van der Waals surface area contributed by atoms with Crippen molar-refractivity contribution in [2.24, 2.45) is 5.84 Å². The van der Waals surface area contributed by atoms with E-state index in [1.807, 2.05) is 6.07 Å². The lowest BCUT2D eigenvalue weighted by Crippen LogP contribution is -2.11. The van der Waals surface area contributed by atoms with Crippen molar-refractivity contribution in [1.29, 1.82) is 0 Å². The van der Waals surface area contributed by atoms with Gasteiger partial charge in [-0.3, -0.25) is 0 Å². The minimum Gasteiger partial charge on any atom is -0.308 e. The van der Waals surface area contributed by atoms with Gasteiger partial charge in [0.1, 0.15) is 17.2 Å². The Bertz CT molecular complexity index is 557. The summed E-state index contributed by atoms with van der Waals surface area (Å²) in [6.45, 7) is 2.05. The average molecular weight is 254 g/mol. The Balaban J connectivity index is 2.73. The van der Waals surface area contributed by atoms with Gasteiger partial charge in [0.25, 0.3) is 0 Å². The fraction of sp³-hybridized carbons (Fsp3) is 0.250. The molecule has 0 atom stereocenters. The maximum Gasteiger partial charge on any atom is 0.149 e. The third kappa shape index (κ3) is 2.18. The van der Waals surface area contributed by atoms with E-state index in [0.717, 1.165) is 18.4 Å². The second-order valence-electron chi connectivity index (χ2n) is 3.82. The second kappa shape index (κ2) is 4.85. The molecule has 3 N–H and O–H groups in total. The van der Waals surface area contributed by atoms with Crippen LogP contribution in [-0.4, -0.2) is 4.98 Å². The molecular weight excluding hydrogens is 241 g/mol. The van der Waals surface area contributed by atoms with Gasteiger partial charge in [0.15, 0.2) is 0 Å². The predicted octanol–water partition coefficient (Wildman–Crippen LogP) is 3.27. The standard InChI is InChI=1S/C12H13ClFN3/c1-2-3-7-6-8-9(13)4-5-10(14)11(8)16-12(7)17-15/h4-6H,2-3,15H2,1H3,(H,16,17). The lowest BCUT2D eigenvalue weighted by atomic mass is 10.1. The lowest BCUT2D eigenvalue weighted by Gasteiger charge is -2.10. The third-order valence-corrected chi connectivity index (χ3v) is 2.95. The normalized spacial score (nSPS) is 10.8. The molecule has 2 aromatic rings. The summed E-state index contributed by atoms with van der Waals surface area (Å²) in [6.07, 6.45) is 1.77. The summed E-state index contributed by atoms with van der Waals surface area (Å²) in [4.78, 5) is 4.18. The summed E-state index contributed by atoms with van der Waals surface area (Å²) in [7, 11) is 0. The van der Waals surface area contributed by atoms with Gasteiger partial charge >= 0.3 is 0 Å². The number of rotatable bonds is 3. The fourth-order valence-electron chi connectivity index (χ4n) is 1.82. The van der Waals surface area contributed by atoms with Gasteiger partial charge in [-0.15, -0.1) is 0 Å². The maximum absolute atomic E-state index is 13.6. The molecule has 0 saturated heterocycles. The highest BCUT2D eigenvalue weighted by molar-refractivity contribution is 6.35. The van der Waals surface area contributed by atoms with E-state index in [-0.39, 0.29) is 5.52 Å². The quantitative estimate of drug-likeness (QED) is 0.652. The summed E-state index contributed by atoms with van der Waals surface area (Å²) in [5, 5.41) is 1.11. The molecule has 0 unspecified atom stereocenters. The molecule has 0 spiro atoms. The molecule has 1 aromatic carbocycles. The van der Waals surface area contributed by atoms with E-state index in [9.17, 15) is 4.39 Å². The van der Waals surface area contributed by atoms with Gasteiger partial charge in [0.2, 0.25) is 0 Å². The van der Waals surface area contributed by atoms with Crippen molar-refractivity contribution in [1.82, 2.24) is 4.98 Å². The van der Waals surface area contributed by atoms with Crippen LogP contribution in [0, 0.1) is 5.82 Å². The molecule has 0 radical (unpaired) electrons. The Labute approximate surface area is 104 Å². The van der Waals surface area contributed by atoms with Gasteiger partial charge in [-0.05, 0) is 30.2 Å². The van der Waals surface area contributed by atoms with Crippen LogP contribution in [0.1, 0.15) is 18.9 Å². The molecule has 0 bridgehead atoms. The van der Waals surface area contributed by atoms with E-state index in [0.29, 0.717) is 16.2 Å². The number of nitrogens with zero attached hydrogens (tertiary/aromatic N) is 1. The van der Waals surface area contributed by atoms with Crippen LogP contribution in [0.3, 0.4) is 0 Å². The van der Waals surface area contributed by atoms with E-state index in [4.69, 9.17) is 17.4 Å². The van der Waals surface area contributed by atoms with Crippen LogP contribution in [0.2, 0.25) is 5.02 Å². The first kappa shape index (κ1) is 12.1. The maximum atomic E-state index is 13.6. The van der Waals surface area contributed by atoms with Crippen molar-refractivity contribution in [3.63, 3.8) is 0 Å². The van der Waals surface area contributed by atoms with Crippen molar-refractivity contribution < 1.29 is 4.39 Å². The Morgan fingerprint density at radius 3 is 2.88 bits per heavy atom. The lowest BCUT2D eigenvalue weighted by molar-refractivity contribution is 0.637. The van der Waals surface area contributed by atoms with Crippen LogP contribution in [-0.2, 0) is 6.42 Å². The van der Waals surface area contributed by atoms with Crippen molar-refractivity contribution in [3.8, 4) is 0 Å². The zero-order chi connectivity index (χ0) is 12.4. The van der Waals surface area contributed by atoms with Crippen LogP contribution in [0.15, 0.2) is 18.2 Å². The van der Waals surface area contributed by atoms with E-state index < -0.39 is 5.82 Å². The highest BCUT2D eigenvalue weighted by atomic mass is 35.5. The molecule has 0 aliphatic heterocycles. The molecule has 1 aromatic heterocycles. The minimum absolute atomic E-state index is 0.241. The molecular formula is C12H13ClFN3. The molecule has 3 nitrogen and oxygen atoms in total. The van der Waals surface area contributed by atoms with Crippen molar-refractivity contribution in [3.05, 3.63) is 34.6 Å². The van der Waals surface area contributed by atoms with E-state index in [1.54, 1.807) is 0 Å². The minimum atomic E-state index is -0.399. The summed E-state index contributed by atoms with van der Waals surface area (Å²) in [5.41, 5.74) is 3.68. The van der Waals surface area contributed by atoms with Crippen molar-refractivity contribution >= 4 is 28.3 Å². The number of nitrogens with two attached hydrogens (primary N) is 1. The molecule has 0 aliphatic rings. The fourth-order valence-corrected chi connectivity index (χ4v) is 2.03. The monoisotopic (exact) mass is 253 g/mol. The number of aryl methyl sites for hydroxylation is 1. The first-order chi connectivity index (χ1) is 8.17.